The van der Waals surface area contributed by atoms with E-state index in [1.807, 2.05) is 70.9 Å². The van der Waals surface area contributed by atoms with Gasteiger partial charge in [0.15, 0.2) is 0 Å². The summed E-state index contributed by atoms with van der Waals surface area (Å²) in [7, 11) is 0. The molecule has 1 aliphatic rings. The van der Waals surface area contributed by atoms with Crippen molar-refractivity contribution in [2.45, 2.75) is 31.8 Å². The van der Waals surface area contributed by atoms with Crippen LogP contribution in [0.3, 0.4) is 0 Å². The number of rotatable bonds is 6. The zero-order valence-corrected chi connectivity index (χ0v) is 17.7. The van der Waals surface area contributed by atoms with Gasteiger partial charge in [0, 0.05) is 18.0 Å². The van der Waals surface area contributed by atoms with E-state index in [0.29, 0.717) is 19.5 Å². The summed E-state index contributed by atoms with van der Waals surface area (Å²) in [5.74, 6) is -0.0629. The highest BCUT2D eigenvalue weighted by Gasteiger charge is 2.35. The Morgan fingerprint density at radius 2 is 1.67 bits per heavy atom. The zero-order chi connectivity index (χ0) is 20.8. The Morgan fingerprint density at radius 3 is 2.37 bits per heavy atom. The van der Waals surface area contributed by atoms with Gasteiger partial charge in [0.2, 0.25) is 11.8 Å². The molecule has 1 aromatic heterocycles. The number of hydrogen-bond donors (Lipinski definition) is 1. The van der Waals surface area contributed by atoms with Crippen molar-refractivity contribution in [3.05, 3.63) is 94.2 Å². The highest BCUT2D eigenvalue weighted by molar-refractivity contribution is 7.10. The summed E-state index contributed by atoms with van der Waals surface area (Å²) in [4.78, 5) is 29.0. The van der Waals surface area contributed by atoms with Crippen LogP contribution in [0.2, 0.25) is 0 Å². The normalized spacial score (nSPS) is 18.7. The lowest BCUT2D eigenvalue weighted by Gasteiger charge is -2.39. The molecule has 1 saturated heterocycles. The van der Waals surface area contributed by atoms with Crippen molar-refractivity contribution in [2.75, 3.05) is 6.54 Å². The first-order chi connectivity index (χ1) is 14.7. The number of thiophene rings is 1. The Labute approximate surface area is 181 Å². The average Bonchev–Trinajstić information content (AvgIpc) is 3.31. The van der Waals surface area contributed by atoms with Crippen LogP contribution in [0.4, 0.5) is 0 Å². The predicted molar refractivity (Wildman–Crippen MR) is 120 cm³/mol. The molecule has 0 radical (unpaired) electrons. The number of hydrogen-bond acceptors (Lipinski definition) is 3. The van der Waals surface area contributed by atoms with Gasteiger partial charge in [0.25, 0.3) is 0 Å². The van der Waals surface area contributed by atoms with Crippen LogP contribution in [0.1, 0.15) is 34.9 Å². The third kappa shape index (κ3) is 4.97. The number of carbonyl (C=O) groups excluding carboxylic acids is 2. The van der Waals surface area contributed by atoms with Crippen LogP contribution in [0.5, 0.6) is 0 Å². The van der Waals surface area contributed by atoms with E-state index >= 15 is 0 Å². The lowest BCUT2D eigenvalue weighted by Crippen LogP contribution is -2.47. The summed E-state index contributed by atoms with van der Waals surface area (Å²) in [5, 5.41) is 5.05. The highest BCUT2D eigenvalue weighted by Crippen LogP contribution is 2.34. The molecular weight excluding hydrogens is 392 g/mol. The SMILES string of the molecule is O=C(NCc1ccccc1)C1CCC(c2ccccc2)N(C(=O)Cc2cccs2)C1. The van der Waals surface area contributed by atoms with Crippen molar-refractivity contribution in [1.29, 1.82) is 0 Å². The number of carbonyl (C=O) groups is 2. The van der Waals surface area contributed by atoms with Crippen molar-refractivity contribution in [3.8, 4) is 0 Å². The van der Waals surface area contributed by atoms with Gasteiger partial charge in [-0.1, -0.05) is 66.7 Å². The van der Waals surface area contributed by atoms with E-state index in [1.165, 1.54) is 0 Å². The van der Waals surface area contributed by atoms with Gasteiger partial charge in [-0.25, -0.2) is 0 Å². The van der Waals surface area contributed by atoms with Crippen molar-refractivity contribution in [3.63, 3.8) is 0 Å². The molecule has 0 spiro atoms. The van der Waals surface area contributed by atoms with Gasteiger partial charge in [-0.15, -0.1) is 11.3 Å². The number of nitrogens with zero attached hydrogens (tertiary/aromatic N) is 1. The van der Waals surface area contributed by atoms with E-state index in [-0.39, 0.29) is 23.8 Å². The monoisotopic (exact) mass is 418 g/mol. The van der Waals surface area contributed by atoms with Gasteiger partial charge in [0.05, 0.1) is 18.4 Å². The van der Waals surface area contributed by atoms with Gasteiger partial charge < -0.3 is 10.2 Å². The second-order valence-electron chi connectivity index (χ2n) is 7.71. The first kappa shape index (κ1) is 20.4. The topological polar surface area (TPSA) is 49.4 Å². The molecule has 1 N–H and O–H groups in total. The molecule has 1 fully saturated rings. The number of piperidine rings is 1. The molecule has 3 aromatic rings. The Balaban J connectivity index is 1.46. The molecule has 2 unspecified atom stereocenters. The summed E-state index contributed by atoms with van der Waals surface area (Å²) in [6.45, 7) is 0.978. The summed E-state index contributed by atoms with van der Waals surface area (Å²) < 4.78 is 0. The third-order valence-corrected chi connectivity index (χ3v) is 6.55. The minimum atomic E-state index is -0.180. The summed E-state index contributed by atoms with van der Waals surface area (Å²) in [6, 6.07) is 24.1. The lowest BCUT2D eigenvalue weighted by atomic mass is 9.88. The van der Waals surface area contributed by atoms with Crippen molar-refractivity contribution in [2.24, 2.45) is 5.92 Å². The van der Waals surface area contributed by atoms with Crippen LogP contribution < -0.4 is 5.32 Å². The Morgan fingerprint density at radius 1 is 0.933 bits per heavy atom. The highest BCUT2D eigenvalue weighted by atomic mass is 32.1. The number of amides is 2. The largest absolute Gasteiger partial charge is 0.352 e. The van der Waals surface area contributed by atoms with Crippen LogP contribution in [-0.2, 0) is 22.6 Å². The van der Waals surface area contributed by atoms with Gasteiger partial charge >= 0.3 is 0 Å². The minimum absolute atomic E-state index is 0.0248. The Bertz CT molecular complexity index is 957. The van der Waals surface area contributed by atoms with E-state index in [0.717, 1.165) is 28.8 Å². The van der Waals surface area contributed by atoms with Gasteiger partial charge in [-0.2, -0.15) is 0 Å². The molecule has 2 atom stereocenters. The first-order valence-electron chi connectivity index (χ1n) is 10.4. The molecule has 1 aliphatic heterocycles. The van der Waals surface area contributed by atoms with Gasteiger partial charge in [-0.3, -0.25) is 9.59 Å². The molecule has 2 heterocycles. The molecule has 4 rings (SSSR count). The molecular formula is C25H26N2O2S. The van der Waals surface area contributed by atoms with Crippen LogP contribution in [0, 0.1) is 5.92 Å². The summed E-state index contributed by atoms with van der Waals surface area (Å²) in [5.41, 5.74) is 2.22. The Hall–Kier alpha value is -2.92. The van der Waals surface area contributed by atoms with Crippen LogP contribution in [-0.4, -0.2) is 23.3 Å². The third-order valence-electron chi connectivity index (χ3n) is 5.67. The zero-order valence-electron chi connectivity index (χ0n) is 16.9. The van der Waals surface area contributed by atoms with Gasteiger partial charge in [0.1, 0.15) is 0 Å². The van der Waals surface area contributed by atoms with Crippen LogP contribution >= 0.6 is 11.3 Å². The molecule has 2 aromatic carbocycles. The van der Waals surface area contributed by atoms with Crippen molar-refractivity contribution in [1.82, 2.24) is 10.2 Å². The molecule has 154 valence electrons. The van der Waals surface area contributed by atoms with Crippen LogP contribution in [0.15, 0.2) is 78.2 Å². The summed E-state index contributed by atoms with van der Waals surface area (Å²) >= 11 is 1.60. The molecule has 0 bridgehead atoms. The van der Waals surface area contributed by atoms with E-state index in [2.05, 4.69) is 17.4 Å². The maximum absolute atomic E-state index is 13.2. The quantitative estimate of drug-likeness (QED) is 0.637. The molecule has 0 saturated carbocycles. The van der Waals surface area contributed by atoms with E-state index in [1.54, 1.807) is 11.3 Å². The fraction of sp³-hybridized carbons (Fsp3) is 0.280. The number of likely N-dealkylation sites (tertiary alicyclic amines) is 1. The molecule has 4 nitrogen and oxygen atoms in total. The van der Waals surface area contributed by atoms with Crippen molar-refractivity contribution >= 4 is 23.2 Å². The predicted octanol–water partition coefficient (Wildman–Crippen LogP) is 4.59. The van der Waals surface area contributed by atoms with E-state index in [4.69, 9.17) is 0 Å². The standard InChI is InChI=1S/C25H26N2O2S/c28-24(16-22-12-7-15-30-22)27-18-21(13-14-23(27)20-10-5-2-6-11-20)25(29)26-17-19-8-3-1-4-9-19/h1-12,15,21,23H,13-14,16-18H2,(H,26,29). The smallest absolute Gasteiger partial charge is 0.228 e. The molecule has 30 heavy (non-hydrogen) atoms. The molecule has 5 heteroatoms. The molecule has 2 amide bonds. The number of nitrogens with one attached hydrogen (secondary N) is 1. The lowest BCUT2D eigenvalue weighted by molar-refractivity contribution is -0.138. The fourth-order valence-corrected chi connectivity index (χ4v) is 4.77. The van der Waals surface area contributed by atoms with E-state index in [9.17, 15) is 9.59 Å². The van der Waals surface area contributed by atoms with Crippen molar-refractivity contribution < 1.29 is 9.59 Å². The maximum atomic E-state index is 13.2. The maximum Gasteiger partial charge on any atom is 0.228 e. The summed E-state index contributed by atoms with van der Waals surface area (Å²) in [6.07, 6.45) is 1.96. The number of benzene rings is 2. The van der Waals surface area contributed by atoms with Crippen LogP contribution in [0.25, 0.3) is 0 Å². The Kier molecular flexibility index (Phi) is 6.60. The minimum Gasteiger partial charge on any atom is -0.352 e. The first-order valence-corrected chi connectivity index (χ1v) is 11.3. The van der Waals surface area contributed by atoms with E-state index < -0.39 is 0 Å². The fourth-order valence-electron chi connectivity index (χ4n) is 4.08. The van der Waals surface area contributed by atoms with Gasteiger partial charge in [-0.05, 0) is 35.4 Å². The second kappa shape index (κ2) is 9.72. The average molecular weight is 419 g/mol. The second-order valence-corrected chi connectivity index (χ2v) is 8.74. The molecule has 0 aliphatic carbocycles.